The lowest BCUT2D eigenvalue weighted by molar-refractivity contribution is -0.109. The van der Waals surface area contributed by atoms with Gasteiger partial charge < -0.3 is 20.1 Å². The Balaban J connectivity index is 0.000000296. The Morgan fingerprint density at radius 2 is 1.82 bits per heavy atom. The van der Waals surface area contributed by atoms with Crippen LogP contribution in [-0.2, 0) is 31.1 Å². The average Bonchev–Trinajstić information content (AvgIpc) is 3.36. The van der Waals surface area contributed by atoms with Crippen molar-refractivity contribution in [2.45, 2.75) is 25.3 Å². The molecular formula is C32H34BrClFN7O2. The van der Waals surface area contributed by atoms with E-state index in [0.717, 1.165) is 53.2 Å². The maximum Gasteiger partial charge on any atom is 0.321 e. The molecule has 9 nitrogen and oxygen atoms in total. The second-order valence-electron chi connectivity index (χ2n) is 10.7. The Labute approximate surface area is 269 Å². The number of hydrogen-bond acceptors (Lipinski definition) is 5. The molecule has 4 aromatic rings. The van der Waals surface area contributed by atoms with Crippen molar-refractivity contribution in [3.63, 3.8) is 0 Å². The Morgan fingerprint density at radius 3 is 2.52 bits per heavy atom. The maximum absolute atomic E-state index is 13.1. The Kier molecular flexibility index (Phi) is 10.6. The van der Waals surface area contributed by atoms with Crippen LogP contribution in [-0.4, -0.2) is 69.5 Å². The topological polar surface area (TPSA) is 95.4 Å². The van der Waals surface area contributed by atoms with Gasteiger partial charge in [0.2, 0.25) is 6.41 Å². The van der Waals surface area contributed by atoms with Gasteiger partial charge >= 0.3 is 6.03 Å². The van der Waals surface area contributed by atoms with Crippen molar-refractivity contribution in [2.75, 3.05) is 38.0 Å². The largest absolute Gasteiger partial charge is 0.358 e. The molecule has 1 fully saturated rings. The zero-order chi connectivity index (χ0) is 31.1. The van der Waals surface area contributed by atoms with Crippen LogP contribution in [0.4, 0.5) is 14.9 Å². The predicted molar refractivity (Wildman–Crippen MR) is 172 cm³/mol. The molecule has 2 aromatic carbocycles. The summed E-state index contributed by atoms with van der Waals surface area (Å²) in [5.74, 6) is -0.326. The zero-order valence-electron chi connectivity index (χ0n) is 24.3. The van der Waals surface area contributed by atoms with Crippen LogP contribution in [0.5, 0.6) is 0 Å². The molecule has 1 aliphatic heterocycles. The number of benzene rings is 2. The average molecular weight is 683 g/mol. The number of aryl methyl sites for hydroxylation is 3. The Morgan fingerprint density at radius 1 is 1.07 bits per heavy atom. The molecule has 1 unspecified atom stereocenters. The van der Waals surface area contributed by atoms with Crippen LogP contribution in [0, 0.1) is 5.82 Å². The summed E-state index contributed by atoms with van der Waals surface area (Å²) in [7, 11) is 1.93. The van der Waals surface area contributed by atoms with Crippen LogP contribution in [0.3, 0.4) is 0 Å². The highest BCUT2D eigenvalue weighted by molar-refractivity contribution is 9.10. The molecule has 1 atom stereocenters. The van der Waals surface area contributed by atoms with Gasteiger partial charge in [-0.3, -0.25) is 14.7 Å². The van der Waals surface area contributed by atoms with Gasteiger partial charge in [0.25, 0.3) is 0 Å². The molecule has 2 aromatic heterocycles. The summed E-state index contributed by atoms with van der Waals surface area (Å²) in [5, 5.41) is 6.19. The van der Waals surface area contributed by atoms with Crippen LogP contribution in [0.25, 0.3) is 0 Å². The van der Waals surface area contributed by atoms with Gasteiger partial charge in [-0.15, -0.1) is 0 Å². The van der Waals surface area contributed by atoms with E-state index in [1.54, 1.807) is 29.6 Å². The second kappa shape index (κ2) is 14.8. The van der Waals surface area contributed by atoms with Gasteiger partial charge in [-0.2, -0.15) is 0 Å². The molecule has 0 saturated carbocycles. The third-order valence-corrected chi connectivity index (χ3v) is 8.55. The molecule has 1 aliphatic carbocycles. The number of nitrogens with zero attached hydrogens (tertiary/aromatic N) is 5. The maximum atomic E-state index is 13.1. The summed E-state index contributed by atoms with van der Waals surface area (Å²) in [6.07, 6.45) is 8.76. The molecule has 0 spiro atoms. The fourth-order valence-electron chi connectivity index (χ4n) is 5.59. The van der Waals surface area contributed by atoms with Crippen molar-refractivity contribution in [3.05, 3.63) is 111 Å². The van der Waals surface area contributed by atoms with E-state index in [-0.39, 0.29) is 17.9 Å². The summed E-state index contributed by atoms with van der Waals surface area (Å²) in [6, 6.07) is 14.0. The molecule has 6 rings (SSSR count). The first-order chi connectivity index (χ1) is 21.3. The third kappa shape index (κ3) is 7.82. The number of pyridine rings is 1. The van der Waals surface area contributed by atoms with Gasteiger partial charge in [0.05, 0.1) is 18.1 Å². The number of carbonyl (C=O) groups excluding carboxylic acids is 2. The zero-order valence-corrected chi connectivity index (χ0v) is 26.7. The highest BCUT2D eigenvalue weighted by atomic mass is 79.9. The standard InChI is InChI=1S/C25H23BrClFN4O.C7H11N3O/c26-18-13-17-2-1-16-14-19(27)3-8-22(16)24(23(17)29-15-18)31-9-11-32(12-10-31)25(33)30-21-6-4-20(28)5-7-21;1-10-5-9-4-7(10)2-3-8-6-11/h3-8,13-15,24H,1-2,9-12H2,(H,30,33);4-6H,2-3H2,1H3,(H,8,11). The number of hydrogen-bond donors (Lipinski definition) is 2. The van der Waals surface area contributed by atoms with Crippen LogP contribution < -0.4 is 10.6 Å². The number of fused-ring (bicyclic) bond motifs is 2. The number of nitrogens with one attached hydrogen (secondary N) is 2. The quantitative estimate of drug-likeness (QED) is 0.210. The summed E-state index contributed by atoms with van der Waals surface area (Å²) >= 11 is 9.88. The molecule has 12 heteroatoms. The fourth-order valence-corrected chi connectivity index (χ4v) is 6.16. The monoisotopic (exact) mass is 681 g/mol. The minimum absolute atomic E-state index is 0.0187. The van der Waals surface area contributed by atoms with Gasteiger partial charge in [0, 0.05) is 79.5 Å². The molecular weight excluding hydrogens is 649 g/mol. The SMILES string of the molecule is Cn1cncc1CCNC=O.O=C(Nc1ccc(F)cc1)N1CCN(C2c3ccc(Cl)cc3CCc3cc(Br)cnc32)CC1. The lowest BCUT2D eigenvalue weighted by Crippen LogP contribution is -2.51. The molecule has 0 bridgehead atoms. The van der Waals surface area contributed by atoms with Crippen LogP contribution in [0.2, 0.25) is 5.02 Å². The van der Waals surface area contributed by atoms with Gasteiger partial charge in [-0.1, -0.05) is 17.7 Å². The van der Waals surface area contributed by atoms with Gasteiger partial charge in [0.15, 0.2) is 0 Å². The van der Waals surface area contributed by atoms with Crippen LogP contribution >= 0.6 is 27.5 Å². The van der Waals surface area contributed by atoms with Crippen molar-refractivity contribution < 1.29 is 14.0 Å². The Hall–Kier alpha value is -3.80. The number of piperazine rings is 1. The number of halogens is 3. The van der Waals surface area contributed by atoms with E-state index in [1.165, 1.54) is 28.8 Å². The van der Waals surface area contributed by atoms with Crippen molar-refractivity contribution in [3.8, 4) is 0 Å². The molecule has 1 saturated heterocycles. The summed E-state index contributed by atoms with van der Waals surface area (Å²) in [5.41, 5.74) is 6.50. The second-order valence-corrected chi connectivity index (χ2v) is 12.1. The summed E-state index contributed by atoms with van der Waals surface area (Å²) < 4.78 is 16.1. The minimum atomic E-state index is -0.326. The predicted octanol–water partition coefficient (Wildman–Crippen LogP) is 5.38. The molecule has 230 valence electrons. The van der Waals surface area contributed by atoms with Crippen molar-refractivity contribution in [2.24, 2.45) is 7.05 Å². The summed E-state index contributed by atoms with van der Waals surface area (Å²) in [4.78, 5) is 35.6. The van der Waals surface area contributed by atoms with Crippen molar-refractivity contribution in [1.29, 1.82) is 0 Å². The number of aromatic nitrogens is 3. The smallest absolute Gasteiger partial charge is 0.321 e. The number of imidazole rings is 1. The number of rotatable bonds is 6. The number of anilines is 1. The summed E-state index contributed by atoms with van der Waals surface area (Å²) in [6.45, 7) is 3.31. The van der Waals surface area contributed by atoms with Gasteiger partial charge in [0.1, 0.15) is 5.82 Å². The normalized spacial score (nSPS) is 16.1. The molecule has 2 N–H and O–H groups in total. The number of carbonyl (C=O) groups is 2. The highest BCUT2D eigenvalue weighted by Gasteiger charge is 2.33. The minimum Gasteiger partial charge on any atom is -0.358 e. The molecule has 3 amide bonds. The lowest BCUT2D eigenvalue weighted by atomic mass is 9.96. The van der Waals surface area contributed by atoms with Crippen LogP contribution in [0.15, 0.2) is 71.7 Å². The number of amides is 3. The van der Waals surface area contributed by atoms with E-state index in [1.807, 2.05) is 23.9 Å². The fraction of sp³-hybridized carbons (Fsp3) is 0.312. The van der Waals surface area contributed by atoms with E-state index in [2.05, 4.69) is 54.6 Å². The van der Waals surface area contributed by atoms with Gasteiger partial charge in [-0.25, -0.2) is 14.2 Å². The number of urea groups is 1. The highest BCUT2D eigenvalue weighted by Crippen LogP contribution is 2.38. The Bertz CT molecular complexity index is 1540. The first kappa shape index (κ1) is 31.6. The van der Waals surface area contributed by atoms with E-state index in [0.29, 0.717) is 31.7 Å². The first-order valence-electron chi connectivity index (χ1n) is 14.4. The van der Waals surface area contributed by atoms with E-state index in [9.17, 15) is 14.0 Å². The third-order valence-electron chi connectivity index (χ3n) is 7.88. The van der Waals surface area contributed by atoms with Gasteiger partial charge in [-0.05, 0) is 87.9 Å². The molecule has 2 aliphatic rings. The lowest BCUT2D eigenvalue weighted by Gasteiger charge is -2.39. The molecule has 44 heavy (non-hydrogen) atoms. The molecule has 3 heterocycles. The van der Waals surface area contributed by atoms with Crippen molar-refractivity contribution in [1.82, 2.24) is 29.7 Å². The van der Waals surface area contributed by atoms with E-state index >= 15 is 0 Å². The first-order valence-corrected chi connectivity index (χ1v) is 15.6. The molecule has 0 radical (unpaired) electrons. The van der Waals surface area contributed by atoms with Crippen LogP contribution in [0.1, 0.15) is 34.1 Å². The van der Waals surface area contributed by atoms with E-state index < -0.39 is 0 Å². The van der Waals surface area contributed by atoms with E-state index in [4.69, 9.17) is 16.6 Å². The van der Waals surface area contributed by atoms with Crippen molar-refractivity contribution >= 4 is 45.7 Å².